The van der Waals surface area contributed by atoms with Crippen molar-refractivity contribution < 1.29 is 9.53 Å². The molecule has 0 bridgehead atoms. The minimum absolute atomic E-state index is 0.436. The van der Waals surface area contributed by atoms with E-state index in [1.807, 2.05) is 43.3 Å². The Morgan fingerprint density at radius 1 is 1.33 bits per heavy atom. The zero-order chi connectivity index (χ0) is 11.4. The van der Waals surface area contributed by atoms with Gasteiger partial charge < -0.3 is 9.64 Å². The van der Waals surface area contributed by atoms with Crippen LogP contribution in [0.1, 0.15) is 10.9 Å². The zero-order valence-corrected chi connectivity index (χ0v) is 9.78. The molecule has 0 amide bonds. The van der Waals surface area contributed by atoms with Gasteiger partial charge in [0.1, 0.15) is 0 Å². The average molecular weight is 228 g/mol. The molecule has 0 N–H and O–H groups in total. The summed E-state index contributed by atoms with van der Waals surface area (Å²) < 4.78 is 4.56. The second-order valence-electron chi connectivity index (χ2n) is 3.37. The Morgan fingerprint density at radius 3 is 2.27 bits per heavy atom. The lowest BCUT2D eigenvalue weighted by molar-refractivity contribution is -0.140. The highest BCUT2D eigenvalue weighted by Gasteiger charge is 2.17. The van der Waals surface area contributed by atoms with Gasteiger partial charge in [-0.2, -0.15) is 0 Å². The molecule has 0 aliphatic carbocycles. The molecule has 0 saturated heterocycles. The minimum Gasteiger partial charge on any atom is -0.468 e. The molecule has 0 aliphatic heterocycles. The number of rotatable bonds is 3. The molecule has 0 fully saturated rings. The summed E-state index contributed by atoms with van der Waals surface area (Å²) in [6.45, 7) is 0. The highest BCUT2D eigenvalue weighted by Crippen LogP contribution is 2.23. The number of methoxy groups -OCH3 is 1. The van der Waals surface area contributed by atoms with Gasteiger partial charge in [0.15, 0.2) is 5.38 Å². The van der Waals surface area contributed by atoms with Gasteiger partial charge in [-0.15, -0.1) is 11.6 Å². The zero-order valence-electron chi connectivity index (χ0n) is 9.03. The summed E-state index contributed by atoms with van der Waals surface area (Å²) in [6, 6.07) is 7.47. The fraction of sp³-hybridized carbons (Fsp3) is 0.364. The standard InChI is InChI=1S/C11H14ClNO2/c1-13(2)9-6-4-8(5-7-9)10(12)11(14)15-3/h4-7,10H,1-3H3. The lowest BCUT2D eigenvalue weighted by Gasteiger charge is -2.13. The summed E-state index contributed by atoms with van der Waals surface area (Å²) in [5.41, 5.74) is 1.81. The van der Waals surface area contributed by atoms with Crippen molar-refractivity contribution in [1.29, 1.82) is 0 Å². The molecule has 82 valence electrons. The summed E-state index contributed by atoms with van der Waals surface area (Å²) in [7, 11) is 5.23. The van der Waals surface area contributed by atoms with Crippen LogP contribution in [0.25, 0.3) is 0 Å². The van der Waals surface area contributed by atoms with Gasteiger partial charge in [0.2, 0.25) is 0 Å². The van der Waals surface area contributed by atoms with Crippen molar-refractivity contribution in [2.24, 2.45) is 0 Å². The first kappa shape index (κ1) is 11.9. The van der Waals surface area contributed by atoms with Crippen molar-refractivity contribution in [2.45, 2.75) is 5.38 Å². The third-order valence-corrected chi connectivity index (χ3v) is 2.54. The summed E-state index contributed by atoms with van der Waals surface area (Å²) >= 11 is 5.90. The van der Waals surface area contributed by atoms with Crippen LogP contribution in [0.15, 0.2) is 24.3 Å². The molecule has 0 radical (unpaired) electrons. The largest absolute Gasteiger partial charge is 0.468 e. The first-order valence-corrected chi connectivity index (χ1v) is 4.99. The predicted octanol–water partition coefficient (Wildman–Crippen LogP) is 2.21. The van der Waals surface area contributed by atoms with E-state index >= 15 is 0 Å². The van der Waals surface area contributed by atoms with Gasteiger partial charge in [-0.3, -0.25) is 4.79 Å². The van der Waals surface area contributed by atoms with Gasteiger partial charge in [0, 0.05) is 19.8 Å². The van der Waals surface area contributed by atoms with Crippen molar-refractivity contribution in [2.75, 3.05) is 26.1 Å². The fourth-order valence-electron chi connectivity index (χ4n) is 1.18. The second-order valence-corrected chi connectivity index (χ2v) is 3.81. The number of benzene rings is 1. The first-order valence-electron chi connectivity index (χ1n) is 4.55. The average Bonchev–Trinajstić information content (AvgIpc) is 2.27. The quantitative estimate of drug-likeness (QED) is 0.586. The van der Waals surface area contributed by atoms with Crippen molar-refractivity contribution >= 4 is 23.3 Å². The van der Waals surface area contributed by atoms with Crippen LogP contribution in [0.3, 0.4) is 0 Å². The van der Waals surface area contributed by atoms with E-state index in [0.29, 0.717) is 0 Å². The van der Waals surface area contributed by atoms with Gasteiger partial charge in [-0.1, -0.05) is 12.1 Å². The minimum atomic E-state index is -0.730. The first-order chi connectivity index (χ1) is 7.06. The molecular formula is C11H14ClNO2. The summed E-state index contributed by atoms with van der Waals surface area (Å²) in [6.07, 6.45) is 0. The molecule has 0 aliphatic rings. The van der Waals surface area contributed by atoms with E-state index in [2.05, 4.69) is 4.74 Å². The van der Waals surface area contributed by atoms with E-state index in [-0.39, 0.29) is 0 Å². The van der Waals surface area contributed by atoms with Crippen molar-refractivity contribution in [3.63, 3.8) is 0 Å². The Hall–Kier alpha value is -1.22. The SMILES string of the molecule is COC(=O)C(Cl)c1ccc(N(C)C)cc1. The maximum absolute atomic E-state index is 11.2. The van der Waals surface area contributed by atoms with E-state index in [9.17, 15) is 4.79 Å². The number of halogens is 1. The smallest absolute Gasteiger partial charge is 0.328 e. The van der Waals surface area contributed by atoms with E-state index in [0.717, 1.165) is 11.3 Å². The predicted molar refractivity (Wildman–Crippen MR) is 61.4 cm³/mol. The van der Waals surface area contributed by atoms with Gasteiger partial charge in [0.05, 0.1) is 7.11 Å². The van der Waals surface area contributed by atoms with Gasteiger partial charge >= 0.3 is 5.97 Å². The van der Waals surface area contributed by atoms with Gasteiger partial charge in [-0.25, -0.2) is 0 Å². The third-order valence-electron chi connectivity index (χ3n) is 2.11. The Kier molecular flexibility index (Phi) is 3.97. The normalized spacial score (nSPS) is 12.0. The number of ether oxygens (including phenoxy) is 1. The van der Waals surface area contributed by atoms with E-state index in [1.54, 1.807) is 0 Å². The number of anilines is 1. The summed E-state index contributed by atoms with van der Waals surface area (Å²) in [5, 5.41) is -0.730. The van der Waals surface area contributed by atoms with E-state index in [4.69, 9.17) is 11.6 Å². The van der Waals surface area contributed by atoms with Crippen LogP contribution in [0.2, 0.25) is 0 Å². The number of nitrogens with zero attached hydrogens (tertiary/aromatic N) is 1. The molecule has 0 spiro atoms. The lowest BCUT2D eigenvalue weighted by Crippen LogP contribution is -2.10. The second kappa shape index (κ2) is 5.03. The monoisotopic (exact) mass is 227 g/mol. The highest BCUT2D eigenvalue weighted by molar-refractivity contribution is 6.29. The maximum atomic E-state index is 11.2. The number of hydrogen-bond acceptors (Lipinski definition) is 3. The Morgan fingerprint density at radius 2 is 1.87 bits per heavy atom. The van der Waals surface area contributed by atoms with Crippen molar-refractivity contribution in [3.8, 4) is 0 Å². The van der Waals surface area contributed by atoms with Crippen LogP contribution in [-0.4, -0.2) is 27.2 Å². The Labute approximate surface area is 94.6 Å². The lowest BCUT2D eigenvalue weighted by atomic mass is 10.1. The molecule has 1 aromatic carbocycles. The molecule has 1 atom stereocenters. The van der Waals surface area contributed by atoms with Gasteiger partial charge in [-0.05, 0) is 17.7 Å². The molecule has 1 rings (SSSR count). The fourth-order valence-corrected chi connectivity index (χ4v) is 1.42. The number of carbonyl (C=O) groups excluding carboxylic acids is 1. The molecular weight excluding hydrogens is 214 g/mol. The van der Waals surface area contributed by atoms with Crippen LogP contribution in [-0.2, 0) is 9.53 Å². The molecule has 4 heteroatoms. The molecule has 1 unspecified atom stereocenters. The number of carbonyl (C=O) groups is 1. The van der Waals surface area contributed by atoms with Crippen LogP contribution < -0.4 is 4.90 Å². The van der Waals surface area contributed by atoms with Crippen LogP contribution in [0, 0.1) is 0 Å². The molecule has 1 aromatic rings. The Balaban J connectivity index is 2.84. The summed E-state index contributed by atoms with van der Waals surface area (Å²) in [5.74, 6) is -0.436. The molecule has 0 aromatic heterocycles. The van der Waals surface area contributed by atoms with Gasteiger partial charge in [0.25, 0.3) is 0 Å². The van der Waals surface area contributed by atoms with Crippen LogP contribution in [0.4, 0.5) is 5.69 Å². The Bertz CT molecular complexity index is 335. The van der Waals surface area contributed by atoms with E-state index in [1.165, 1.54) is 7.11 Å². The number of esters is 1. The molecule has 0 saturated carbocycles. The summed E-state index contributed by atoms with van der Waals surface area (Å²) in [4.78, 5) is 13.1. The third kappa shape index (κ3) is 2.86. The van der Waals surface area contributed by atoms with Crippen molar-refractivity contribution in [3.05, 3.63) is 29.8 Å². The topological polar surface area (TPSA) is 29.5 Å². The molecule has 3 nitrogen and oxygen atoms in total. The number of alkyl halides is 1. The van der Waals surface area contributed by atoms with Crippen LogP contribution >= 0.6 is 11.6 Å². The van der Waals surface area contributed by atoms with Crippen molar-refractivity contribution in [1.82, 2.24) is 0 Å². The highest BCUT2D eigenvalue weighted by atomic mass is 35.5. The molecule has 15 heavy (non-hydrogen) atoms. The molecule has 0 heterocycles. The number of hydrogen-bond donors (Lipinski definition) is 0. The van der Waals surface area contributed by atoms with Crippen LogP contribution in [0.5, 0.6) is 0 Å². The maximum Gasteiger partial charge on any atom is 0.328 e. The van der Waals surface area contributed by atoms with E-state index < -0.39 is 11.3 Å².